The molecule has 1 unspecified atom stereocenters. The van der Waals surface area contributed by atoms with Crippen LogP contribution in [0.5, 0.6) is 0 Å². The Morgan fingerprint density at radius 1 is 1.17 bits per heavy atom. The topological polar surface area (TPSA) is 60.2 Å². The van der Waals surface area contributed by atoms with Crippen molar-refractivity contribution in [2.75, 3.05) is 5.75 Å². The quantitative estimate of drug-likeness (QED) is 0.807. The van der Waals surface area contributed by atoms with Crippen LogP contribution in [0.3, 0.4) is 0 Å². The molecular formula is C14H23NO2S. The van der Waals surface area contributed by atoms with Gasteiger partial charge in [-0.1, -0.05) is 12.5 Å². The summed E-state index contributed by atoms with van der Waals surface area (Å²) in [6.45, 7) is 5.86. The second-order valence-electron chi connectivity index (χ2n) is 5.04. The van der Waals surface area contributed by atoms with Crippen molar-refractivity contribution in [2.45, 2.75) is 51.0 Å². The minimum atomic E-state index is -3.14. The number of rotatable bonds is 6. The molecule has 0 aliphatic carbocycles. The molecule has 102 valence electrons. The molecule has 18 heavy (non-hydrogen) atoms. The molecule has 0 fully saturated rings. The molecule has 0 aliphatic rings. The normalized spacial score (nSPS) is 13.6. The highest BCUT2D eigenvalue weighted by molar-refractivity contribution is 7.91. The lowest BCUT2D eigenvalue weighted by atomic mass is 10.1. The van der Waals surface area contributed by atoms with Gasteiger partial charge >= 0.3 is 0 Å². The van der Waals surface area contributed by atoms with Crippen LogP contribution in [0.15, 0.2) is 23.1 Å². The molecule has 0 aliphatic heterocycles. The molecule has 0 bridgehead atoms. The van der Waals surface area contributed by atoms with Gasteiger partial charge in [-0.2, -0.15) is 0 Å². The smallest absolute Gasteiger partial charge is 0.178 e. The van der Waals surface area contributed by atoms with E-state index >= 15 is 0 Å². The molecule has 0 heterocycles. The first-order chi connectivity index (χ1) is 8.33. The Morgan fingerprint density at radius 2 is 1.83 bits per heavy atom. The first-order valence-electron chi connectivity index (χ1n) is 6.38. The van der Waals surface area contributed by atoms with Gasteiger partial charge in [-0.3, -0.25) is 0 Å². The fourth-order valence-corrected chi connectivity index (χ4v) is 3.24. The van der Waals surface area contributed by atoms with Gasteiger partial charge in [-0.15, -0.1) is 0 Å². The van der Waals surface area contributed by atoms with Gasteiger partial charge in [0.2, 0.25) is 0 Å². The van der Waals surface area contributed by atoms with Crippen LogP contribution in [-0.4, -0.2) is 20.2 Å². The van der Waals surface area contributed by atoms with Crippen LogP contribution in [0.2, 0.25) is 0 Å². The second-order valence-corrected chi connectivity index (χ2v) is 7.15. The number of hydrogen-bond acceptors (Lipinski definition) is 3. The summed E-state index contributed by atoms with van der Waals surface area (Å²) in [7, 11) is -3.14. The van der Waals surface area contributed by atoms with E-state index in [-0.39, 0.29) is 11.8 Å². The maximum atomic E-state index is 12.1. The van der Waals surface area contributed by atoms with Gasteiger partial charge in [0.25, 0.3) is 0 Å². The molecule has 0 aromatic heterocycles. The van der Waals surface area contributed by atoms with Crippen LogP contribution in [0, 0.1) is 13.8 Å². The van der Waals surface area contributed by atoms with Crippen LogP contribution in [0.25, 0.3) is 0 Å². The molecule has 0 saturated heterocycles. The highest BCUT2D eigenvalue weighted by Gasteiger charge is 2.14. The Balaban J connectivity index is 2.66. The lowest BCUT2D eigenvalue weighted by Gasteiger charge is -2.08. The summed E-state index contributed by atoms with van der Waals surface area (Å²) < 4.78 is 24.2. The highest BCUT2D eigenvalue weighted by Crippen LogP contribution is 2.17. The van der Waals surface area contributed by atoms with Gasteiger partial charge in [0.15, 0.2) is 9.84 Å². The fourth-order valence-electron chi connectivity index (χ4n) is 1.78. The number of hydrogen-bond donors (Lipinski definition) is 1. The largest absolute Gasteiger partial charge is 0.328 e. The van der Waals surface area contributed by atoms with Gasteiger partial charge < -0.3 is 5.73 Å². The van der Waals surface area contributed by atoms with Crippen molar-refractivity contribution in [1.29, 1.82) is 0 Å². The number of benzene rings is 1. The van der Waals surface area contributed by atoms with Crippen molar-refractivity contribution < 1.29 is 8.42 Å². The first kappa shape index (κ1) is 15.2. The Hall–Kier alpha value is -0.870. The molecule has 1 atom stereocenters. The van der Waals surface area contributed by atoms with Gasteiger partial charge in [-0.25, -0.2) is 8.42 Å². The summed E-state index contributed by atoms with van der Waals surface area (Å²) in [6, 6.07) is 5.47. The van der Waals surface area contributed by atoms with Crippen molar-refractivity contribution in [2.24, 2.45) is 5.73 Å². The second kappa shape index (κ2) is 6.34. The highest BCUT2D eigenvalue weighted by atomic mass is 32.2. The van der Waals surface area contributed by atoms with Gasteiger partial charge in [0.1, 0.15) is 0 Å². The summed E-state index contributed by atoms with van der Waals surface area (Å²) in [6.07, 6.45) is 2.42. The summed E-state index contributed by atoms with van der Waals surface area (Å²) in [4.78, 5) is 0.436. The van der Waals surface area contributed by atoms with E-state index in [1.54, 1.807) is 12.1 Å². The van der Waals surface area contributed by atoms with E-state index in [4.69, 9.17) is 5.73 Å². The average molecular weight is 269 g/mol. The number of unbranched alkanes of at least 4 members (excludes halogenated alkanes) is 1. The van der Waals surface area contributed by atoms with E-state index in [9.17, 15) is 8.42 Å². The number of nitrogens with two attached hydrogens (primary N) is 1. The van der Waals surface area contributed by atoms with Gasteiger partial charge in [0, 0.05) is 6.04 Å². The van der Waals surface area contributed by atoms with E-state index < -0.39 is 9.84 Å². The van der Waals surface area contributed by atoms with E-state index in [1.807, 2.05) is 26.8 Å². The molecule has 0 spiro atoms. The third-order valence-electron chi connectivity index (χ3n) is 3.16. The SMILES string of the molecule is Cc1ccc(S(=O)(=O)CCCCC(C)N)cc1C. The fraction of sp³-hybridized carbons (Fsp3) is 0.571. The van der Waals surface area contributed by atoms with Gasteiger partial charge in [0.05, 0.1) is 10.6 Å². The third kappa shape index (κ3) is 4.42. The van der Waals surface area contributed by atoms with E-state index in [0.717, 1.165) is 24.0 Å². The standard InChI is InChI=1S/C14H23NO2S/c1-11-7-8-14(10-12(11)2)18(16,17)9-5-4-6-13(3)15/h7-8,10,13H,4-6,9,15H2,1-3H3. The summed E-state index contributed by atoms with van der Waals surface area (Å²) >= 11 is 0. The van der Waals surface area contributed by atoms with Crippen LogP contribution < -0.4 is 5.73 Å². The van der Waals surface area contributed by atoms with Crippen LogP contribution in [0.1, 0.15) is 37.3 Å². The summed E-state index contributed by atoms with van der Waals surface area (Å²) in [5.41, 5.74) is 7.78. The van der Waals surface area contributed by atoms with Crippen molar-refractivity contribution >= 4 is 9.84 Å². The van der Waals surface area contributed by atoms with Crippen molar-refractivity contribution in [1.82, 2.24) is 0 Å². The monoisotopic (exact) mass is 269 g/mol. The third-order valence-corrected chi connectivity index (χ3v) is 4.96. The molecule has 4 heteroatoms. The summed E-state index contributed by atoms with van der Waals surface area (Å²) in [5.74, 6) is 0.211. The molecule has 0 amide bonds. The van der Waals surface area contributed by atoms with Gasteiger partial charge in [-0.05, 0) is 56.9 Å². The molecule has 3 nitrogen and oxygen atoms in total. The predicted molar refractivity (Wildman–Crippen MR) is 75.5 cm³/mol. The minimum Gasteiger partial charge on any atom is -0.328 e. The van der Waals surface area contributed by atoms with Crippen molar-refractivity contribution in [3.63, 3.8) is 0 Å². The van der Waals surface area contributed by atoms with Crippen LogP contribution in [-0.2, 0) is 9.84 Å². The number of sulfone groups is 1. The van der Waals surface area contributed by atoms with Crippen LogP contribution >= 0.6 is 0 Å². The zero-order valence-corrected chi connectivity index (χ0v) is 12.3. The Kier molecular flexibility index (Phi) is 5.35. The Morgan fingerprint density at radius 3 is 2.39 bits per heavy atom. The van der Waals surface area contributed by atoms with Crippen molar-refractivity contribution in [3.8, 4) is 0 Å². The molecule has 1 aromatic carbocycles. The summed E-state index contributed by atoms with van der Waals surface area (Å²) in [5, 5.41) is 0. The van der Waals surface area contributed by atoms with E-state index in [0.29, 0.717) is 11.3 Å². The molecule has 1 aromatic rings. The lowest BCUT2D eigenvalue weighted by Crippen LogP contribution is -2.15. The Labute approximate surface area is 110 Å². The Bertz CT molecular complexity index is 493. The van der Waals surface area contributed by atoms with E-state index in [2.05, 4.69) is 0 Å². The molecule has 2 N–H and O–H groups in total. The molecule has 1 rings (SSSR count). The molecule has 0 saturated carbocycles. The maximum absolute atomic E-state index is 12.1. The lowest BCUT2D eigenvalue weighted by molar-refractivity contribution is 0.580. The number of aryl methyl sites for hydroxylation is 2. The maximum Gasteiger partial charge on any atom is 0.178 e. The molecular weight excluding hydrogens is 246 g/mol. The molecule has 0 radical (unpaired) electrons. The van der Waals surface area contributed by atoms with Crippen molar-refractivity contribution in [3.05, 3.63) is 29.3 Å². The predicted octanol–water partition coefficient (Wildman–Crippen LogP) is 2.59. The minimum absolute atomic E-state index is 0.148. The zero-order valence-electron chi connectivity index (χ0n) is 11.4. The zero-order chi connectivity index (χ0) is 13.8. The van der Waals surface area contributed by atoms with E-state index in [1.165, 1.54) is 0 Å². The first-order valence-corrected chi connectivity index (χ1v) is 8.04. The van der Waals surface area contributed by atoms with Crippen LogP contribution in [0.4, 0.5) is 0 Å². The average Bonchev–Trinajstić information content (AvgIpc) is 2.28.